The minimum Gasteiger partial charge on any atom is -0.497 e. The number of rotatable bonds is 4. The van der Waals surface area contributed by atoms with Crippen LogP contribution in [0.2, 0.25) is 0 Å². The monoisotopic (exact) mass is 280 g/mol. The van der Waals surface area contributed by atoms with Gasteiger partial charge in [-0.25, -0.2) is 0 Å². The fourth-order valence-electron chi connectivity index (χ4n) is 1.43. The van der Waals surface area contributed by atoms with E-state index < -0.39 is 0 Å². The molecular weight excluding hydrogens is 268 g/mol. The smallest absolute Gasteiger partial charge is 0.121 e. The molecule has 0 saturated heterocycles. The minimum absolute atomic E-state index is 0.787. The van der Waals surface area contributed by atoms with E-state index in [0.717, 1.165) is 22.5 Å². The molecule has 4 heteroatoms. The summed E-state index contributed by atoms with van der Waals surface area (Å²) in [6.07, 6.45) is 3.89. The Kier molecular flexibility index (Phi) is 3.51. The van der Waals surface area contributed by atoms with Crippen molar-refractivity contribution in [1.82, 2.24) is 4.98 Å². The van der Waals surface area contributed by atoms with Crippen LogP contribution >= 0.6 is 15.9 Å². The Balaban J connectivity index is 2.08. The van der Waals surface area contributed by atoms with Gasteiger partial charge in [0.05, 0.1) is 12.8 Å². The van der Waals surface area contributed by atoms with E-state index in [4.69, 9.17) is 4.74 Å². The summed E-state index contributed by atoms with van der Waals surface area (Å²) < 4.78 is 6.21. The lowest BCUT2D eigenvalue weighted by Crippen LogP contribution is -1.99. The second-order valence-corrected chi connectivity index (χ2v) is 4.27. The zero-order chi connectivity index (χ0) is 11.4. The summed E-state index contributed by atoms with van der Waals surface area (Å²) in [4.78, 5) is 3.03. The molecule has 2 N–H and O–H groups in total. The number of nitrogens with one attached hydrogen (secondary N) is 2. The van der Waals surface area contributed by atoms with Crippen molar-refractivity contribution in [3.8, 4) is 5.75 Å². The molecule has 2 aromatic rings. The van der Waals surface area contributed by atoms with E-state index in [2.05, 4.69) is 26.2 Å². The van der Waals surface area contributed by atoms with Crippen LogP contribution in [0.15, 0.2) is 41.1 Å². The van der Waals surface area contributed by atoms with Crippen molar-refractivity contribution in [2.75, 3.05) is 12.4 Å². The highest BCUT2D eigenvalue weighted by Crippen LogP contribution is 2.27. The Morgan fingerprint density at radius 2 is 2.25 bits per heavy atom. The van der Waals surface area contributed by atoms with Gasteiger partial charge in [0.25, 0.3) is 0 Å². The lowest BCUT2D eigenvalue weighted by Gasteiger charge is -2.09. The van der Waals surface area contributed by atoms with Gasteiger partial charge in [-0.3, -0.25) is 0 Å². The molecule has 0 amide bonds. The van der Waals surface area contributed by atoms with Crippen molar-refractivity contribution >= 4 is 21.6 Å². The standard InChI is InChI=1S/C12H13BrN2O/c1-16-10-2-3-11(13)12(6-10)15-8-9-4-5-14-7-9/h2-7,14-15H,8H2,1H3. The quantitative estimate of drug-likeness (QED) is 0.901. The van der Waals surface area contributed by atoms with E-state index in [1.807, 2.05) is 36.7 Å². The Bertz CT molecular complexity index is 454. The van der Waals surface area contributed by atoms with Crippen LogP contribution < -0.4 is 10.1 Å². The molecule has 16 heavy (non-hydrogen) atoms. The number of hydrogen-bond donors (Lipinski definition) is 2. The molecule has 0 aliphatic rings. The van der Waals surface area contributed by atoms with E-state index in [1.165, 1.54) is 5.56 Å². The van der Waals surface area contributed by atoms with Crippen LogP contribution in [0.1, 0.15) is 5.56 Å². The first-order valence-electron chi connectivity index (χ1n) is 4.98. The van der Waals surface area contributed by atoms with Crippen LogP contribution in [-0.4, -0.2) is 12.1 Å². The average molecular weight is 281 g/mol. The topological polar surface area (TPSA) is 37.0 Å². The van der Waals surface area contributed by atoms with E-state index in [9.17, 15) is 0 Å². The van der Waals surface area contributed by atoms with Crippen LogP contribution in [0.25, 0.3) is 0 Å². The van der Waals surface area contributed by atoms with Crippen molar-refractivity contribution in [1.29, 1.82) is 0 Å². The maximum Gasteiger partial charge on any atom is 0.121 e. The first kappa shape index (κ1) is 11.1. The highest BCUT2D eigenvalue weighted by molar-refractivity contribution is 9.10. The molecular formula is C12H13BrN2O. The molecule has 1 heterocycles. The molecule has 0 aliphatic heterocycles. The largest absolute Gasteiger partial charge is 0.497 e. The number of aromatic amines is 1. The fraction of sp³-hybridized carbons (Fsp3) is 0.167. The number of ether oxygens (including phenoxy) is 1. The maximum atomic E-state index is 5.18. The van der Waals surface area contributed by atoms with E-state index in [0.29, 0.717) is 0 Å². The molecule has 3 nitrogen and oxygen atoms in total. The molecule has 84 valence electrons. The van der Waals surface area contributed by atoms with Gasteiger partial charge in [0.1, 0.15) is 5.75 Å². The Morgan fingerprint density at radius 3 is 2.94 bits per heavy atom. The molecule has 1 aromatic heterocycles. The van der Waals surface area contributed by atoms with Crippen LogP contribution in [0, 0.1) is 0 Å². The first-order valence-corrected chi connectivity index (χ1v) is 5.78. The van der Waals surface area contributed by atoms with Gasteiger partial charge in [0.2, 0.25) is 0 Å². The van der Waals surface area contributed by atoms with Gasteiger partial charge < -0.3 is 15.0 Å². The fourth-order valence-corrected chi connectivity index (χ4v) is 1.82. The number of benzene rings is 1. The van der Waals surface area contributed by atoms with Crippen molar-refractivity contribution in [3.05, 3.63) is 46.7 Å². The first-order chi connectivity index (χ1) is 7.79. The highest BCUT2D eigenvalue weighted by atomic mass is 79.9. The Labute approximate surface area is 103 Å². The minimum atomic E-state index is 0.787. The molecule has 0 fully saturated rings. The number of H-pyrrole nitrogens is 1. The zero-order valence-corrected chi connectivity index (χ0v) is 10.5. The molecule has 0 unspecified atom stereocenters. The molecule has 0 saturated carbocycles. The van der Waals surface area contributed by atoms with Crippen LogP contribution in [0.4, 0.5) is 5.69 Å². The van der Waals surface area contributed by atoms with Gasteiger partial charge >= 0.3 is 0 Å². The van der Waals surface area contributed by atoms with Gasteiger partial charge in [0.15, 0.2) is 0 Å². The number of methoxy groups -OCH3 is 1. The van der Waals surface area contributed by atoms with Crippen LogP contribution in [-0.2, 0) is 6.54 Å². The zero-order valence-electron chi connectivity index (χ0n) is 8.96. The maximum absolute atomic E-state index is 5.18. The van der Waals surface area contributed by atoms with Crippen molar-refractivity contribution in [3.63, 3.8) is 0 Å². The summed E-state index contributed by atoms with van der Waals surface area (Å²) in [5.41, 5.74) is 2.25. The molecule has 0 radical (unpaired) electrons. The number of hydrogen-bond acceptors (Lipinski definition) is 2. The SMILES string of the molecule is COc1ccc(Br)c(NCc2cc[nH]c2)c1. The summed E-state index contributed by atoms with van der Waals surface area (Å²) in [5.74, 6) is 0.847. The van der Waals surface area contributed by atoms with Gasteiger partial charge in [0, 0.05) is 29.5 Å². The molecule has 0 aliphatic carbocycles. The van der Waals surface area contributed by atoms with Crippen molar-refractivity contribution in [2.45, 2.75) is 6.54 Å². The Morgan fingerprint density at radius 1 is 1.38 bits per heavy atom. The van der Waals surface area contributed by atoms with E-state index in [-0.39, 0.29) is 0 Å². The third-order valence-electron chi connectivity index (χ3n) is 2.32. The lowest BCUT2D eigenvalue weighted by molar-refractivity contribution is 0.415. The second kappa shape index (κ2) is 5.07. The second-order valence-electron chi connectivity index (χ2n) is 3.42. The normalized spacial score (nSPS) is 10.1. The van der Waals surface area contributed by atoms with Crippen LogP contribution in [0.3, 0.4) is 0 Å². The van der Waals surface area contributed by atoms with Crippen molar-refractivity contribution in [2.24, 2.45) is 0 Å². The third kappa shape index (κ3) is 2.58. The summed E-state index contributed by atoms with van der Waals surface area (Å²) in [7, 11) is 1.67. The molecule has 0 bridgehead atoms. The van der Waals surface area contributed by atoms with Gasteiger partial charge in [-0.15, -0.1) is 0 Å². The predicted octanol–water partition coefficient (Wildman–Crippen LogP) is 3.40. The van der Waals surface area contributed by atoms with Crippen LogP contribution in [0.5, 0.6) is 5.75 Å². The molecule has 2 rings (SSSR count). The lowest BCUT2D eigenvalue weighted by atomic mass is 10.2. The summed E-state index contributed by atoms with van der Waals surface area (Å²) in [5, 5.41) is 3.34. The van der Waals surface area contributed by atoms with Gasteiger partial charge in [-0.1, -0.05) is 0 Å². The predicted molar refractivity (Wildman–Crippen MR) is 68.8 cm³/mol. The number of halogens is 1. The number of anilines is 1. The van der Waals surface area contributed by atoms with E-state index >= 15 is 0 Å². The Hall–Kier alpha value is -1.42. The van der Waals surface area contributed by atoms with Gasteiger partial charge in [-0.05, 0) is 39.7 Å². The van der Waals surface area contributed by atoms with E-state index in [1.54, 1.807) is 7.11 Å². The highest BCUT2D eigenvalue weighted by Gasteiger charge is 2.01. The number of aromatic nitrogens is 1. The molecule has 0 atom stereocenters. The van der Waals surface area contributed by atoms with Crippen molar-refractivity contribution < 1.29 is 4.74 Å². The summed E-state index contributed by atoms with van der Waals surface area (Å²) >= 11 is 3.50. The summed E-state index contributed by atoms with van der Waals surface area (Å²) in [6, 6.07) is 7.90. The van der Waals surface area contributed by atoms with Gasteiger partial charge in [-0.2, -0.15) is 0 Å². The molecule has 1 aromatic carbocycles. The average Bonchev–Trinajstić information content (AvgIpc) is 2.81. The molecule has 0 spiro atoms. The summed E-state index contributed by atoms with van der Waals surface area (Å²) in [6.45, 7) is 0.787. The third-order valence-corrected chi connectivity index (χ3v) is 3.01.